The minimum atomic E-state index is -0.177. The van der Waals surface area contributed by atoms with Gasteiger partial charge in [-0.05, 0) is 31.5 Å². The van der Waals surface area contributed by atoms with Crippen LogP contribution in [0.2, 0.25) is 0 Å². The van der Waals surface area contributed by atoms with Crippen molar-refractivity contribution in [1.82, 2.24) is 5.32 Å². The van der Waals surface area contributed by atoms with E-state index in [1.54, 1.807) is 18.2 Å². The molecule has 5 heteroatoms. The minimum absolute atomic E-state index is 0.0597. The highest BCUT2D eigenvalue weighted by Gasteiger charge is 2.07. The maximum Gasteiger partial charge on any atom is 0.257 e. The van der Waals surface area contributed by atoms with Crippen LogP contribution in [0.1, 0.15) is 37.0 Å². The summed E-state index contributed by atoms with van der Waals surface area (Å²) in [5.41, 5.74) is 6.64. The van der Waals surface area contributed by atoms with Crippen molar-refractivity contribution in [3.8, 4) is 5.75 Å². The summed E-state index contributed by atoms with van der Waals surface area (Å²) in [6, 6.07) is 4.78. The molecule has 0 aromatic heterocycles. The van der Waals surface area contributed by atoms with Crippen molar-refractivity contribution in [2.75, 3.05) is 18.9 Å². The van der Waals surface area contributed by atoms with E-state index in [9.17, 15) is 9.59 Å². The third-order valence-electron chi connectivity index (χ3n) is 2.63. The second-order valence-electron chi connectivity index (χ2n) is 4.30. The molecular formula is C14H20N2O3. The number of nitrogen functional groups attached to an aromatic ring is 1. The number of unbranched alkanes of at least 4 members (excludes halogenated alkanes) is 1. The summed E-state index contributed by atoms with van der Waals surface area (Å²) < 4.78 is 5.32. The SMILES string of the molecule is CCCCNC(=O)COc1ccc(C(C)=O)cc1N. The van der Waals surface area contributed by atoms with Gasteiger partial charge in [0.2, 0.25) is 0 Å². The van der Waals surface area contributed by atoms with Crippen LogP contribution in [0.15, 0.2) is 18.2 Å². The third kappa shape index (κ3) is 4.99. The molecule has 1 amide bonds. The number of rotatable bonds is 7. The van der Waals surface area contributed by atoms with Gasteiger partial charge in [-0.1, -0.05) is 13.3 Å². The number of carbonyl (C=O) groups is 2. The molecule has 0 aliphatic heterocycles. The Morgan fingerprint density at radius 3 is 2.68 bits per heavy atom. The molecule has 0 saturated heterocycles. The van der Waals surface area contributed by atoms with E-state index < -0.39 is 0 Å². The fraction of sp³-hybridized carbons (Fsp3) is 0.429. The van der Waals surface area contributed by atoms with E-state index in [0.29, 0.717) is 23.5 Å². The van der Waals surface area contributed by atoms with Gasteiger partial charge >= 0.3 is 0 Å². The van der Waals surface area contributed by atoms with Gasteiger partial charge in [-0.2, -0.15) is 0 Å². The van der Waals surface area contributed by atoms with Crippen LogP contribution in [0, 0.1) is 0 Å². The summed E-state index contributed by atoms with van der Waals surface area (Å²) in [6.07, 6.45) is 1.97. The van der Waals surface area contributed by atoms with E-state index in [1.807, 2.05) is 0 Å². The van der Waals surface area contributed by atoms with Gasteiger partial charge in [0.25, 0.3) is 5.91 Å². The average molecular weight is 264 g/mol. The fourth-order valence-electron chi connectivity index (χ4n) is 1.50. The third-order valence-corrected chi connectivity index (χ3v) is 2.63. The molecule has 0 atom stereocenters. The van der Waals surface area contributed by atoms with Crippen molar-refractivity contribution in [2.45, 2.75) is 26.7 Å². The Morgan fingerprint density at radius 2 is 2.11 bits per heavy atom. The van der Waals surface area contributed by atoms with Gasteiger partial charge in [0.15, 0.2) is 12.4 Å². The first kappa shape index (κ1) is 15.0. The first-order chi connectivity index (χ1) is 9.04. The molecule has 1 aromatic carbocycles. The van der Waals surface area contributed by atoms with Gasteiger partial charge in [0.1, 0.15) is 5.75 Å². The number of carbonyl (C=O) groups excluding carboxylic acids is 2. The molecule has 1 rings (SSSR count). The standard InChI is InChI=1S/C14H20N2O3/c1-3-4-7-16-14(18)9-19-13-6-5-11(10(2)17)8-12(13)15/h5-6,8H,3-4,7,9,15H2,1-2H3,(H,16,18). The highest BCUT2D eigenvalue weighted by Crippen LogP contribution is 2.22. The van der Waals surface area contributed by atoms with Gasteiger partial charge in [-0.25, -0.2) is 0 Å². The molecule has 5 nitrogen and oxygen atoms in total. The number of Topliss-reactive ketones (excluding diaryl/α,β-unsaturated/α-hetero) is 1. The Labute approximate surface area is 113 Å². The number of hydrogen-bond acceptors (Lipinski definition) is 4. The predicted molar refractivity (Wildman–Crippen MR) is 74.3 cm³/mol. The minimum Gasteiger partial charge on any atom is -0.482 e. The van der Waals surface area contributed by atoms with Crippen molar-refractivity contribution in [2.24, 2.45) is 0 Å². The summed E-state index contributed by atoms with van der Waals surface area (Å²) in [4.78, 5) is 22.6. The van der Waals surface area contributed by atoms with E-state index >= 15 is 0 Å². The van der Waals surface area contributed by atoms with Crippen LogP contribution in [0.3, 0.4) is 0 Å². The van der Waals surface area contributed by atoms with E-state index in [1.165, 1.54) is 6.92 Å². The lowest BCUT2D eigenvalue weighted by Crippen LogP contribution is -2.29. The van der Waals surface area contributed by atoms with Crippen LogP contribution in [0.25, 0.3) is 0 Å². The molecule has 104 valence electrons. The number of amides is 1. The first-order valence-corrected chi connectivity index (χ1v) is 6.34. The monoisotopic (exact) mass is 264 g/mol. The van der Waals surface area contributed by atoms with Gasteiger partial charge in [0, 0.05) is 12.1 Å². The number of ether oxygens (including phenoxy) is 1. The summed E-state index contributed by atoms with van der Waals surface area (Å²) in [5, 5.41) is 2.74. The Bertz CT molecular complexity index is 458. The number of nitrogens with two attached hydrogens (primary N) is 1. The van der Waals surface area contributed by atoms with Gasteiger partial charge in [-0.15, -0.1) is 0 Å². The van der Waals surface area contributed by atoms with Crippen molar-refractivity contribution < 1.29 is 14.3 Å². The number of nitrogens with one attached hydrogen (secondary N) is 1. The van der Waals surface area contributed by atoms with Crippen molar-refractivity contribution in [3.63, 3.8) is 0 Å². The lowest BCUT2D eigenvalue weighted by Gasteiger charge is -2.10. The summed E-state index contributed by atoms with van der Waals surface area (Å²) in [7, 11) is 0. The van der Waals surface area contributed by atoms with E-state index in [2.05, 4.69) is 12.2 Å². The van der Waals surface area contributed by atoms with Gasteiger partial charge in [-0.3, -0.25) is 9.59 Å². The van der Waals surface area contributed by atoms with Crippen molar-refractivity contribution >= 4 is 17.4 Å². The molecule has 0 radical (unpaired) electrons. The van der Waals surface area contributed by atoms with Gasteiger partial charge in [0.05, 0.1) is 5.69 Å². The lowest BCUT2D eigenvalue weighted by molar-refractivity contribution is -0.123. The van der Waals surface area contributed by atoms with Crippen LogP contribution in [0.4, 0.5) is 5.69 Å². The van der Waals surface area contributed by atoms with Crippen LogP contribution >= 0.6 is 0 Å². The number of hydrogen-bond donors (Lipinski definition) is 2. The van der Waals surface area contributed by atoms with Crippen molar-refractivity contribution in [3.05, 3.63) is 23.8 Å². The number of anilines is 1. The molecule has 0 unspecified atom stereocenters. The Hall–Kier alpha value is -2.04. The van der Waals surface area contributed by atoms with E-state index in [-0.39, 0.29) is 18.3 Å². The summed E-state index contributed by atoms with van der Waals surface area (Å²) in [5.74, 6) is 0.176. The van der Waals surface area contributed by atoms with Crippen LogP contribution in [0.5, 0.6) is 5.75 Å². The molecule has 0 bridgehead atoms. The predicted octanol–water partition coefficient (Wildman–Crippen LogP) is 1.77. The molecule has 0 fully saturated rings. The Kier molecular flexibility index (Phi) is 5.85. The highest BCUT2D eigenvalue weighted by atomic mass is 16.5. The molecule has 0 aliphatic rings. The average Bonchev–Trinajstić information content (AvgIpc) is 2.37. The zero-order valence-electron chi connectivity index (χ0n) is 11.4. The Balaban J connectivity index is 2.49. The van der Waals surface area contributed by atoms with Crippen LogP contribution < -0.4 is 15.8 Å². The smallest absolute Gasteiger partial charge is 0.257 e. The largest absolute Gasteiger partial charge is 0.482 e. The molecule has 19 heavy (non-hydrogen) atoms. The number of benzene rings is 1. The quantitative estimate of drug-likeness (QED) is 0.447. The molecule has 1 aromatic rings. The first-order valence-electron chi connectivity index (χ1n) is 6.34. The Morgan fingerprint density at radius 1 is 1.37 bits per heavy atom. The maximum absolute atomic E-state index is 11.4. The van der Waals surface area contributed by atoms with E-state index in [4.69, 9.17) is 10.5 Å². The second-order valence-corrected chi connectivity index (χ2v) is 4.30. The molecule has 0 saturated carbocycles. The molecule has 0 spiro atoms. The molecule has 0 aliphatic carbocycles. The summed E-state index contributed by atoms with van der Waals surface area (Å²) >= 11 is 0. The summed E-state index contributed by atoms with van der Waals surface area (Å²) in [6.45, 7) is 4.10. The highest BCUT2D eigenvalue weighted by molar-refractivity contribution is 5.95. The number of ketones is 1. The van der Waals surface area contributed by atoms with E-state index in [0.717, 1.165) is 12.8 Å². The zero-order valence-corrected chi connectivity index (χ0v) is 11.4. The maximum atomic E-state index is 11.4. The zero-order chi connectivity index (χ0) is 14.3. The lowest BCUT2D eigenvalue weighted by atomic mass is 10.1. The topological polar surface area (TPSA) is 81.4 Å². The molecular weight excluding hydrogens is 244 g/mol. The molecule has 3 N–H and O–H groups in total. The van der Waals surface area contributed by atoms with Crippen molar-refractivity contribution in [1.29, 1.82) is 0 Å². The van der Waals surface area contributed by atoms with Crippen LogP contribution in [-0.2, 0) is 4.79 Å². The second kappa shape index (κ2) is 7.41. The van der Waals surface area contributed by atoms with Gasteiger partial charge < -0.3 is 15.8 Å². The fourth-order valence-corrected chi connectivity index (χ4v) is 1.50. The normalized spacial score (nSPS) is 10.0. The molecule has 0 heterocycles. The van der Waals surface area contributed by atoms with Crippen LogP contribution in [-0.4, -0.2) is 24.8 Å².